The Balaban J connectivity index is 1.13. The van der Waals surface area contributed by atoms with Gasteiger partial charge in [0, 0.05) is 47.8 Å². The van der Waals surface area contributed by atoms with E-state index in [1.807, 2.05) is 66.7 Å². The summed E-state index contributed by atoms with van der Waals surface area (Å²) in [6, 6.07) is 32.7. The highest BCUT2D eigenvalue weighted by atomic mass is 16.1. The van der Waals surface area contributed by atoms with Crippen LogP contribution in [0.25, 0.3) is 50.5 Å². The van der Waals surface area contributed by atoms with Gasteiger partial charge in [-0.1, -0.05) is 97.1 Å². The van der Waals surface area contributed by atoms with Crippen LogP contribution in [0.5, 0.6) is 0 Å². The number of benzene rings is 5. The van der Waals surface area contributed by atoms with Gasteiger partial charge in [0.2, 0.25) is 0 Å². The molecule has 2 unspecified atom stereocenters. The molecule has 0 amide bonds. The molecule has 0 saturated heterocycles. The average Bonchev–Trinajstić information content (AvgIpc) is 3.18. The van der Waals surface area contributed by atoms with Crippen molar-refractivity contribution in [1.82, 2.24) is 9.97 Å². The third-order valence-corrected chi connectivity index (χ3v) is 9.95. The Bertz CT molecular complexity index is 2630. The highest BCUT2D eigenvalue weighted by Crippen LogP contribution is 2.46. The number of aromatic nitrogens is 2. The second-order valence-corrected chi connectivity index (χ2v) is 12.9. The van der Waals surface area contributed by atoms with Crippen molar-refractivity contribution in [2.75, 3.05) is 0 Å². The predicted octanol–water partition coefficient (Wildman–Crippen LogP) is 10.5. The second kappa shape index (κ2) is 12.2. The van der Waals surface area contributed by atoms with Crippen LogP contribution in [0.2, 0.25) is 0 Å². The molecule has 2 atom stereocenters. The summed E-state index contributed by atoms with van der Waals surface area (Å²) in [5.41, 5.74) is 7.92. The Labute approximate surface area is 289 Å². The van der Waals surface area contributed by atoms with Crippen LogP contribution in [-0.4, -0.2) is 21.5 Å². The first-order valence-corrected chi connectivity index (χ1v) is 16.8. The molecule has 4 heteroatoms. The van der Waals surface area contributed by atoms with E-state index in [9.17, 15) is 9.59 Å². The topological polar surface area (TPSA) is 59.9 Å². The van der Waals surface area contributed by atoms with E-state index in [-0.39, 0.29) is 23.4 Å². The molecule has 0 saturated carbocycles. The zero-order valence-electron chi connectivity index (χ0n) is 27.0. The number of hydrogen-bond donors (Lipinski definition) is 0. The fourth-order valence-electron chi connectivity index (χ4n) is 7.59. The first kappa shape index (κ1) is 29.6. The van der Waals surface area contributed by atoms with Gasteiger partial charge >= 0.3 is 0 Å². The van der Waals surface area contributed by atoms with Crippen molar-refractivity contribution in [2.24, 2.45) is 0 Å². The van der Waals surface area contributed by atoms with Crippen LogP contribution in [0.1, 0.15) is 65.9 Å². The number of hydrogen-bond acceptors (Lipinski definition) is 4. The number of pyridine rings is 2. The number of rotatable bonds is 7. The first-order valence-electron chi connectivity index (χ1n) is 16.8. The lowest BCUT2D eigenvalue weighted by atomic mass is 9.73. The lowest BCUT2D eigenvalue weighted by Crippen LogP contribution is -2.13. The van der Waals surface area contributed by atoms with Crippen LogP contribution in [0.3, 0.4) is 0 Å². The zero-order chi connectivity index (χ0) is 33.6. The van der Waals surface area contributed by atoms with Crippen molar-refractivity contribution in [1.29, 1.82) is 0 Å². The maximum Gasteiger partial charge on any atom is 0.186 e. The van der Waals surface area contributed by atoms with Crippen LogP contribution < -0.4 is 0 Å². The molecular formula is C46H30N2O2. The summed E-state index contributed by atoms with van der Waals surface area (Å²) >= 11 is 0. The zero-order valence-corrected chi connectivity index (χ0v) is 27.0. The van der Waals surface area contributed by atoms with Gasteiger partial charge in [0.1, 0.15) is 0 Å². The summed E-state index contributed by atoms with van der Waals surface area (Å²) < 4.78 is 0. The quantitative estimate of drug-likeness (QED) is 0.0751. The lowest BCUT2D eigenvalue weighted by Gasteiger charge is -2.30. The van der Waals surface area contributed by atoms with Gasteiger partial charge in [-0.3, -0.25) is 19.6 Å². The Morgan fingerprint density at radius 2 is 1.32 bits per heavy atom. The largest absolute Gasteiger partial charge is 0.289 e. The molecule has 7 aromatic rings. The summed E-state index contributed by atoms with van der Waals surface area (Å²) in [5, 5.41) is 6.25. The van der Waals surface area contributed by atoms with Crippen molar-refractivity contribution in [2.45, 2.75) is 11.8 Å². The standard InChI is InChI=1S/C46H30N2O2/c49-43(21-9-29-5-3-23-47-27-29)39-18-14-32-12-11-31-13-16-35(40-19-20-41(39)46(32)45(31)40)33-15-17-36-34(25-33)26-42(38-8-2-1-7-37(36)38)44(50)22-10-30-6-4-24-48-28-30/h1-28,31,35H/b21-9+,22-10+. The molecular weight excluding hydrogens is 613 g/mol. The molecule has 0 fully saturated rings. The number of carbonyl (C=O) groups is 2. The Morgan fingerprint density at radius 3 is 2.06 bits per heavy atom. The van der Waals surface area contributed by atoms with Crippen LogP contribution in [0.4, 0.5) is 0 Å². The molecule has 2 aromatic heterocycles. The number of fused-ring (bicyclic) bond motifs is 3. The molecule has 4 nitrogen and oxygen atoms in total. The minimum absolute atomic E-state index is 0.0235. The predicted molar refractivity (Wildman–Crippen MR) is 203 cm³/mol. The normalized spacial score (nSPS) is 16.2. The van der Waals surface area contributed by atoms with Gasteiger partial charge in [-0.05, 0) is 114 Å². The number of allylic oxidation sites excluding steroid dienone is 5. The van der Waals surface area contributed by atoms with Crippen LogP contribution >= 0.6 is 0 Å². The second-order valence-electron chi connectivity index (χ2n) is 12.9. The van der Waals surface area contributed by atoms with E-state index in [0.717, 1.165) is 54.6 Å². The SMILES string of the molecule is O=C(/C=C/c1cccnc1)c1ccc2c3c4c(ccc13)C(c1ccc3c(c1)cc(C(=O)/C=C/c1cccnc1)c1ccccc13)C=CC4C=C2. The van der Waals surface area contributed by atoms with Gasteiger partial charge in [0.25, 0.3) is 0 Å². The van der Waals surface area contributed by atoms with E-state index >= 15 is 0 Å². The number of ketones is 2. The minimum atomic E-state index is -0.0448. The molecule has 2 heterocycles. The third kappa shape index (κ3) is 5.10. The highest BCUT2D eigenvalue weighted by molar-refractivity contribution is 6.21. The van der Waals surface area contributed by atoms with Gasteiger partial charge in [-0.15, -0.1) is 0 Å². The summed E-state index contributed by atoms with van der Waals surface area (Å²) in [6.45, 7) is 0. The maximum absolute atomic E-state index is 13.7. The van der Waals surface area contributed by atoms with Crippen molar-refractivity contribution in [3.8, 4) is 0 Å². The maximum atomic E-state index is 13.7. The number of carbonyl (C=O) groups excluding carboxylic acids is 2. The highest BCUT2D eigenvalue weighted by Gasteiger charge is 2.29. The van der Waals surface area contributed by atoms with Crippen molar-refractivity contribution >= 4 is 62.1 Å². The number of nitrogens with zero attached hydrogens (tertiary/aromatic N) is 2. The van der Waals surface area contributed by atoms with Crippen LogP contribution in [-0.2, 0) is 0 Å². The van der Waals surface area contributed by atoms with Crippen molar-refractivity contribution in [3.05, 3.63) is 197 Å². The van der Waals surface area contributed by atoms with Gasteiger partial charge in [0.05, 0.1) is 0 Å². The smallest absolute Gasteiger partial charge is 0.186 e. The molecule has 0 spiro atoms. The molecule has 2 aliphatic carbocycles. The van der Waals surface area contributed by atoms with Crippen LogP contribution in [0.15, 0.2) is 152 Å². The minimum Gasteiger partial charge on any atom is -0.289 e. The van der Waals surface area contributed by atoms with E-state index in [2.05, 4.69) is 76.7 Å². The average molecular weight is 643 g/mol. The third-order valence-electron chi connectivity index (χ3n) is 9.95. The fourth-order valence-corrected chi connectivity index (χ4v) is 7.59. The van der Waals surface area contributed by atoms with E-state index in [1.54, 1.807) is 36.9 Å². The molecule has 9 rings (SSSR count). The first-order chi connectivity index (χ1) is 24.6. The summed E-state index contributed by atoms with van der Waals surface area (Å²) in [4.78, 5) is 35.5. The van der Waals surface area contributed by atoms with E-state index in [0.29, 0.717) is 11.1 Å². The molecule has 0 radical (unpaired) electrons. The van der Waals surface area contributed by atoms with E-state index in [1.165, 1.54) is 11.1 Å². The molecule has 0 aliphatic heterocycles. The Kier molecular flexibility index (Phi) is 7.21. The molecule has 236 valence electrons. The summed E-state index contributed by atoms with van der Waals surface area (Å²) in [7, 11) is 0. The molecule has 50 heavy (non-hydrogen) atoms. The lowest BCUT2D eigenvalue weighted by molar-refractivity contribution is 0.104. The van der Waals surface area contributed by atoms with Gasteiger partial charge < -0.3 is 0 Å². The molecule has 0 N–H and O–H groups in total. The Hall–Kier alpha value is -6.52. The Morgan fingerprint density at radius 1 is 0.600 bits per heavy atom. The fraction of sp³-hybridized carbons (Fsp3) is 0.0435. The van der Waals surface area contributed by atoms with Crippen molar-refractivity contribution in [3.63, 3.8) is 0 Å². The van der Waals surface area contributed by atoms with Crippen LogP contribution in [0, 0.1) is 0 Å². The van der Waals surface area contributed by atoms with E-state index in [4.69, 9.17) is 0 Å². The van der Waals surface area contributed by atoms with Gasteiger partial charge in [-0.2, -0.15) is 0 Å². The monoisotopic (exact) mass is 642 g/mol. The molecule has 0 bridgehead atoms. The molecule has 2 aliphatic rings. The van der Waals surface area contributed by atoms with Crippen molar-refractivity contribution < 1.29 is 9.59 Å². The summed E-state index contributed by atoms with van der Waals surface area (Å²) in [5.74, 6) is 0.0812. The van der Waals surface area contributed by atoms with E-state index < -0.39 is 0 Å². The van der Waals surface area contributed by atoms with Gasteiger partial charge in [-0.25, -0.2) is 0 Å². The van der Waals surface area contributed by atoms with Gasteiger partial charge in [0.15, 0.2) is 11.6 Å². The summed E-state index contributed by atoms with van der Waals surface area (Å²) in [6.07, 6.45) is 22.9. The molecule has 5 aromatic carbocycles.